The topological polar surface area (TPSA) is 41.6 Å². The molecule has 0 saturated carbocycles. The Kier molecular flexibility index (Phi) is 5.56. The van der Waals surface area contributed by atoms with Crippen molar-refractivity contribution in [1.29, 1.82) is 0 Å². The number of carbonyl (C=O) groups is 1. The Hall–Kier alpha value is -1.39. The van der Waals surface area contributed by atoms with Crippen molar-refractivity contribution in [3.63, 3.8) is 0 Å². The third kappa shape index (κ3) is 4.94. The van der Waals surface area contributed by atoms with Gasteiger partial charge in [0.2, 0.25) is 5.91 Å². The van der Waals surface area contributed by atoms with Gasteiger partial charge in [-0.1, -0.05) is 12.1 Å². The van der Waals surface area contributed by atoms with Crippen LogP contribution in [0.4, 0.5) is 5.69 Å². The minimum atomic E-state index is -0.1000. The number of carbonyl (C=O) groups excluding carboxylic acids is 1. The van der Waals surface area contributed by atoms with Gasteiger partial charge in [-0.05, 0) is 57.5 Å². The molecule has 1 aromatic rings. The first-order valence-corrected chi connectivity index (χ1v) is 7.36. The molecule has 1 fully saturated rings. The smallest absolute Gasteiger partial charge is 0.250 e. The van der Waals surface area contributed by atoms with Crippen LogP contribution in [0.1, 0.15) is 32.3 Å². The molecular weight excluding hydrogens is 252 g/mol. The van der Waals surface area contributed by atoms with E-state index >= 15 is 0 Å². The van der Waals surface area contributed by atoms with Gasteiger partial charge >= 0.3 is 0 Å². The van der Waals surface area contributed by atoms with E-state index in [0.717, 1.165) is 12.2 Å². The molecule has 2 rings (SSSR count). The number of rotatable bonds is 6. The van der Waals surface area contributed by atoms with Crippen molar-refractivity contribution < 1.29 is 9.53 Å². The van der Waals surface area contributed by atoms with E-state index in [0.29, 0.717) is 0 Å². The Morgan fingerprint density at radius 1 is 1.35 bits per heavy atom. The van der Waals surface area contributed by atoms with Crippen molar-refractivity contribution in [2.45, 2.75) is 39.3 Å². The molecule has 0 bridgehead atoms. The van der Waals surface area contributed by atoms with Gasteiger partial charge in [-0.2, -0.15) is 0 Å². The van der Waals surface area contributed by atoms with Crippen molar-refractivity contribution >= 4 is 11.6 Å². The molecular formula is C16H24N2O2. The minimum absolute atomic E-state index is 0.0715. The third-order valence-corrected chi connectivity index (χ3v) is 3.36. The summed E-state index contributed by atoms with van der Waals surface area (Å²) in [4.78, 5) is 14.2. The zero-order valence-corrected chi connectivity index (χ0v) is 12.4. The molecule has 4 nitrogen and oxygen atoms in total. The lowest BCUT2D eigenvalue weighted by atomic mass is 10.2. The van der Waals surface area contributed by atoms with Crippen LogP contribution < -0.4 is 5.32 Å². The summed E-state index contributed by atoms with van der Waals surface area (Å²) in [6.45, 7) is 7.27. The zero-order valence-electron chi connectivity index (χ0n) is 12.4. The largest absolute Gasteiger partial charge is 0.369 e. The third-order valence-electron chi connectivity index (χ3n) is 3.36. The van der Waals surface area contributed by atoms with Gasteiger partial charge in [-0.25, -0.2) is 0 Å². The van der Waals surface area contributed by atoms with Gasteiger partial charge in [-0.3, -0.25) is 9.69 Å². The molecule has 1 N–H and O–H groups in total. The summed E-state index contributed by atoms with van der Waals surface area (Å²) >= 11 is 0. The molecule has 1 aliphatic rings. The molecule has 1 heterocycles. The molecule has 0 atom stereocenters. The summed E-state index contributed by atoms with van der Waals surface area (Å²) in [6, 6.07) is 8.06. The number of amides is 1. The quantitative estimate of drug-likeness (QED) is 0.868. The van der Waals surface area contributed by atoms with Crippen molar-refractivity contribution in [1.82, 2.24) is 4.90 Å². The zero-order chi connectivity index (χ0) is 14.4. The monoisotopic (exact) mass is 276 g/mol. The number of benzene rings is 1. The average Bonchev–Trinajstić information content (AvgIpc) is 2.89. The van der Waals surface area contributed by atoms with E-state index in [2.05, 4.69) is 16.3 Å². The van der Waals surface area contributed by atoms with Crippen LogP contribution in [0.15, 0.2) is 24.3 Å². The van der Waals surface area contributed by atoms with E-state index in [1.807, 2.05) is 32.0 Å². The molecule has 0 unspecified atom stereocenters. The average molecular weight is 276 g/mol. The molecule has 1 amide bonds. The van der Waals surface area contributed by atoms with Crippen LogP contribution in [0.3, 0.4) is 0 Å². The van der Waals surface area contributed by atoms with Gasteiger partial charge in [0.25, 0.3) is 0 Å². The van der Waals surface area contributed by atoms with E-state index < -0.39 is 0 Å². The maximum atomic E-state index is 11.7. The van der Waals surface area contributed by atoms with E-state index in [1.165, 1.54) is 31.5 Å². The predicted octanol–water partition coefficient (Wildman–Crippen LogP) is 2.65. The Bertz CT molecular complexity index is 440. The standard InChI is InChI=1S/C16H24N2O2/c1-13(2)20-12-16(19)17-15-7-5-6-14(10-15)11-18-8-3-4-9-18/h5-7,10,13H,3-4,8-9,11-12H2,1-2H3,(H,17,19). The van der Waals surface area contributed by atoms with Gasteiger partial charge in [0.15, 0.2) is 0 Å². The molecule has 0 radical (unpaired) electrons. The van der Waals surface area contributed by atoms with Gasteiger partial charge in [0.05, 0.1) is 6.10 Å². The summed E-state index contributed by atoms with van der Waals surface area (Å²) < 4.78 is 5.29. The van der Waals surface area contributed by atoms with Gasteiger partial charge in [0.1, 0.15) is 6.61 Å². The van der Waals surface area contributed by atoms with Gasteiger partial charge < -0.3 is 10.1 Å². The van der Waals surface area contributed by atoms with Crippen LogP contribution in [0.2, 0.25) is 0 Å². The number of nitrogens with zero attached hydrogens (tertiary/aromatic N) is 1. The number of likely N-dealkylation sites (tertiary alicyclic amines) is 1. The maximum absolute atomic E-state index is 11.7. The molecule has 1 aliphatic heterocycles. The Morgan fingerprint density at radius 2 is 2.10 bits per heavy atom. The molecule has 4 heteroatoms. The molecule has 1 saturated heterocycles. The lowest BCUT2D eigenvalue weighted by Crippen LogP contribution is -2.21. The van der Waals surface area contributed by atoms with Crippen molar-refractivity contribution in [2.24, 2.45) is 0 Å². The normalized spacial score (nSPS) is 15.8. The van der Waals surface area contributed by atoms with Crippen LogP contribution >= 0.6 is 0 Å². The lowest BCUT2D eigenvalue weighted by Gasteiger charge is -2.15. The second-order valence-corrected chi connectivity index (χ2v) is 5.59. The second-order valence-electron chi connectivity index (χ2n) is 5.59. The number of ether oxygens (including phenoxy) is 1. The molecule has 110 valence electrons. The highest BCUT2D eigenvalue weighted by Gasteiger charge is 2.12. The summed E-state index contributed by atoms with van der Waals surface area (Å²) in [5.41, 5.74) is 2.09. The Labute approximate surface area is 121 Å². The molecule has 0 aromatic heterocycles. The fourth-order valence-corrected chi connectivity index (χ4v) is 2.39. The van der Waals surface area contributed by atoms with Crippen LogP contribution in [0.25, 0.3) is 0 Å². The second kappa shape index (κ2) is 7.41. The lowest BCUT2D eigenvalue weighted by molar-refractivity contribution is -0.121. The van der Waals surface area contributed by atoms with Crippen LogP contribution in [0, 0.1) is 0 Å². The Morgan fingerprint density at radius 3 is 2.80 bits per heavy atom. The highest BCUT2D eigenvalue weighted by atomic mass is 16.5. The van der Waals surface area contributed by atoms with Gasteiger partial charge in [-0.15, -0.1) is 0 Å². The molecule has 20 heavy (non-hydrogen) atoms. The molecule has 1 aromatic carbocycles. The van der Waals surface area contributed by atoms with Crippen LogP contribution in [-0.2, 0) is 16.1 Å². The fraction of sp³-hybridized carbons (Fsp3) is 0.562. The maximum Gasteiger partial charge on any atom is 0.250 e. The highest BCUT2D eigenvalue weighted by Crippen LogP contribution is 2.16. The van der Waals surface area contributed by atoms with Crippen LogP contribution in [0.5, 0.6) is 0 Å². The van der Waals surface area contributed by atoms with E-state index in [1.54, 1.807) is 0 Å². The summed E-state index contributed by atoms with van der Waals surface area (Å²) in [5, 5.41) is 2.88. The predicted molar refractivity (Wildman–Crippen MR) is 80.7 cm³/mol. The van der Waals surface area contributed by atoms with Crippen molar-refractivity contribution in [2.75, 3.05) is 25.0 Å². The highest BCUT2D eigenvalue weighted by molar-refractivity contribution is 5.91. The number of nitrogens with one attached hydrogen (secondary N) is 1. The van der Waals surface area contributed by atoms with Gasteiger partial charge in [0, 0.05) is 12.2 Å². The first kappa shape index (κ1) is 15.0. The number of hydrogen-bond donors (Lipinski definition) is 1. The van der Waals surface area contributed by atoms with Crippen molar-refractivity contribution in [3.05, 3.63) is 29.8 Å². The van der Waals surface area contributed by atoms with E-state index in [-0.39, 0.29) is 18.6 Å². The van der Waals surface area contributed by atoms with Crippen LogP contribution in [-0.4, -0.2) is 36.6 Å². The SMILES string of the molecule is CC(C)OCC(=O)Nc1cccc(CN2CCCC2)c1. The molecule has 0 aliphatic carbocycles. The summed E-state index contributed by atoms with van der Waals surface area (Å²) in [6.07, 6.45) is 2.66. The fourth-order valence-electron chi connectivity index (χ4n) is 2.39. The Balaban J connectivity index is 1.86. The first-order valence-electron chi connectivity index (χ1n) is 7.36. The number of hydrogen-bond acceptors (Lipinski definition) is 3. The summed E-state index contributed by atoms with van der Waals surface area (Å²) in [5.74, 6) is -0.1000. The van der Waals surface area contributed by atoms with Crippen molar-refractivity contribution in [3.8, 4) is 0 Å². The summed E-state index contributed by atoms with van der Waals surface area (Å²) in [7, 11) is 0. The minimum Gasteiger partial charge on any atom is -0.369 e. The number of anilines is 1. The first-order chi connectivity index (χ1) is 9.63. The van der Waals surface area contributed by atoms with E-state index in [9.17, 15) is 4.79 Å². The molecule has 0 spiro atoms. The van der Waals surface area contributed by atoms with E-state index in [4.69, 9.17) is 4.74 Å².